The fourth-order valence-corrected chi connectivity index (χ4v) is 4.03. The Labute approximate surface area is 166 Å². The minimum absolute atomic E-state index is 0.146. The van der Waals surface area contributed by atoms with Crippen molar-refractivity contribution in [3.05, 3.63) is 65.2 Å². The van der Waals surface area contributed by atoms with Crippen LogP contribution in [0.1, 0.15) is 39.1 Å². The second-order valence-electron chi connectivity index (χ2n) is 7.68. The van der Waals surface area contributed by atoms with Crippen molar-refractivity contribution in [3.8, 4) is 0 Å². The van der Waals surface area contributed by atoms with Crippen LogP contribution in [0.25, 0.3) is 0 Å². The number of fused-ring (bicyclic) bond motifs is 1. The maximum absolute atomic E-state index is 12.4. The zero-order valence-electron chi connectivity index (χ0n) is 16.4. The molecule has 2 aromatic rings. The summed E-state index contributed by atoms with van der Waals surface area (Å²) < 4.78 is 0. The molecule has 4 rings (SSSR count). The summed E-state index contributed by atoms with van der Waals surface area (Å²) in [5.74, 6) is -0.292. The van der Waals surface area contributed by atoms with E-state index in [1.807, 2.05) is 12.1 Å². The van der Waals surface area contributed by atoms with E-state index in [1.165, 1.54) is 16.2 Å². The third kappa shape index (κ3) is 3.80. The van der Waals surface area contributed by atoms with Gasteiger partial charge in [-0.2, -0.15) is 0 Å². The van der Waals surface area contributed by atoms with E-state index in [0.29, 0.717) is 17.7 Å². The van der Waals surface area contributed by atoms with Gasteiger partial charge in [-0.3, -0.25) is 19.4 Å². The molecular weight excluding hydrogens is 350 g/mol. The van der Waals surface area contributed by atoms with Crippen molar-refractivity contribution < 1.29 is 9.59 Å². The molecule has 0 bridgehead atoms. The minimum atomic E-state index is -0.146. The average molecular weight is 377 g/mol. The Hall–Kier alpha value is -2.66. The van der Waals surface area contributed by atoms with Crippen molar-refractivity contribution in [1.29, 1.82) is 0 Å². The first-order valence-electron chi connectivity index (χ1n) is 10.1. The maximum atomic E-state index is 12.4. The van der Waals surface area contributed by atoms with Crippen LogP contribution in [0.5, 0.6) is 0 Å². The Morgan fingerprint density at radius 3 is 1.93 bits per heavy atom. The van der Waals surface area contributed by atoms with E-state index in [4.69, 9.17) is 0 Å². The molecular formula is C23H27N3O2. The summed E-state index contributed by atoms with van der Waals surface area (Å²) in [4.78, 5) is 31.1. The van der Waals surface area contributed by atoms with Crippen molar-refractivity contribution in [2.45, 2.75) is 19.8 Å². The number of benzene rings is 2. The van der Waals surface area contributed by atoms with Crippen LogP contribution in [0.15, 0.2) is 48.5 Å². The van der Waals surface area contributed by atoms with Crippen LogP contribution in [0.2, 0.25) is 0 Å². The van der Waals surface area contributed by atoms with Gasteiger partial charge in [-0.05, 0) is 50.6 Å². The predicted octanol–water partition coefficient (Wildman–Crippen LogP) is 3.19. The molecule has 0 aliphatic carbocycles. The van der Waals surface area contributed by atoms with Crippen LogP contribution in [-0.2, 0) is 0 Å². The number of amides is 2. The van der Waals surface area contributed by atoms with Crippen molar-refractivity contribution in [3.63, 3.8) is 0 Å². The summed E-state index contributed by atoms with van der Waals surface area (Å²) in [6, 6.07) is 15.8. The van der Waals surface area contributed by atoms with Gasteiger partial charge in [0.2, 0.25) is 0 Å². The Morgan fingerprint density at radius 1 is 0.750 bits per heavy atom. The predicted molar refractivity (Wildman–Crippen MR) is 111 cm³/mol. The third-order valence-electron chi connectivity index (χ3n) is 5.76. The molecule has 2 aromatic carbocycles. The molecule has 146 valence electrons. The number of carbonyl (C=O) groups excluding carboxylic acids is 2. The molecule has 0 atom stereocenters. The second kappa shape index (κ2) is 8.15. The number of unbranched alkanes of at least 4 members (excludes halogenated alkanes) is 1. The summed E-state index contributed by atoms with van der Waals surface area (Å²) >= 11 is 0. The van der Waals surface area contributed by atoms with Gasteiger partial charge < -0.3 is 4.90 Å². The second-order valence-corrected chi connectivity index (χ2v) is 7.68. The van der Waals surface area contributed by atoms with Crippen LogP contribution in [0.4, 0.5) is 5.69 Å². The normalized spacial score (nSPS) is 17.3. The lowest BCUT2D eigenvalue weighted by Gasteiger charge is -2.36. The number of aryl methyl sites for hydroxylation is 1. The first-order valence-corrected chi connectivity index (χ1v) is 10.1. The van der Waals surface area contributed by atoms with Gasteiger partial charge in [0.05, 0.1) is 11.1 Å². The number of piperazine rings is 1. The highest BCUT2D eigenvalue weighted by molar-refractivity contribution is 6.21. The molecule has 0 unspecified atom stereocenters. The first-order chi connectivity index (χ1) is 13.6. The number of hydrogen-bond donors (Lipinski definition) is 0. The zero-order valence-corrected chi connectivity index (χ0v) is 16.4. The number of nitrogens with zero attached hydrogens (tertiary/aromatic N) is 3. The third-order valence-corrected chi connectivity index (χ3v) is 5.76. The summed E-state index contributed by atoms with van der Waals surface area (Å²) in [7, 11) is 0. The van der Waals surface area contributed by atoms with Crippen molar-refractivity contribution in [1.82, 2.24) is 9.80 Å². The molecule has 28 heavy (non-hydrogen) atoms. The van der Waals surface area contributed by atoms with E-state index in [-0.39, 0.29) is 11.8 Å². The van der Waals surface area contributed by atoms with Gasteiger partial charge in [-0.15, -0.1) is 0 Å². The van der Waals surface area contributed by atoms with Gasteiger partial charge >= 0.3 is 0 Å². The van der Waals surface area contributed by atoms with Crippen LogP contribution in [0.3, 0.4) is 0 Å². The molecule has 0 radical (unpaired) electrons. The topological polar surface area (TPSA) is 43.9 Å². The van der Waals surface area contributed by atoms with Crippen LogP contribution in [-0.4, -0.2) is 60.9 Å². The Kier molecular flexibility index (Phi) is 5.44. The SMILES string of the molecule is Cc1ccc(N2CCN(CCCCN3C(=O)c4ccccc4C3=O)CC2)cc1. The standard InChI is InChI=1S/C23H27N3O2/c1-18-8-10-19(11-9-18)25-16-14-24(15-17-25)12-4-5-13-26-22(27)20-6-2-3-7-21(20)23(26)28/h2-3,6-11H,4-5,12-17H2,1H3. The summed E-state index contributed by atoms with van der Waals surface area (Å²) in [6.07, 6.45) is 1.85. The summed E-state index contributed by atoms with van der Waals surface area (Å²) in [5, 5.41) is 0. The lowest BCUT2D eigenvalue weighted by atomic mass is 10.1. The van der Waals surface area contributed by atoms with Gasteiger partial charge in [0.15, 0.2) is 0 Å². The molecule has 5 heteroatoms. The molecule has 2 heterocycles. The van der Waals surface area contributed by atoms with E-state index in [1.54, 1.807) is 12.1 Å². The number of anilines is 1. The highest BCUT2D eigenvalue weighted by atomic mass is 16.2. The van der Waals surface area contributed by atoms with E-state index in [0.717, 1.165) is 45.6 Å². The number of rotatable bonds is 6. The first kappa shape index (κ1) is 18.7. The van der Waals surface area contributed by atoms with Crippen LogP contribution < -0.4 is 4.90 Å². The molecule has 0 N–H and O–H groups in total. The number of carbonyl (C=O) groups is 2. The molecule has 2 aliphatic rings. The van der Waals surface area contributed by atoms with Gasteiger partial charge in [0.1, 0.15) is 0 Å². The van der Waals surface area contributed by atoms with Crippen molar-refractivity contribution >= 4 is 17.5 Å². The maximum Gasteiger partial charge on any atom is 0.261 e. The molecule has 0 aromatic heterocycles. The quantitative estimate of drug-likeness (QED) is 0.573. The smallest absolute Gasteiger partial charge is 0.261 e. The molecule has 2 amide bonds. The molecule has 0 spiro atoms. The average Bonchev–Trinajstić information content (AvgIpc) is 2.97. The van der Waals surface area contributed by atoms with E-state index in [2.05, 4.69) is 41.0 Å². The highest BCUT2D eigenvalue weighted by Crippen LogP contribution is 2.23. The fraction of sp³-hybridized carbons (Fsp3) is 0.391. The van der Waals surface area contributed by atoms with Crippen LogP contribution in [0, 0.1) is 6.92 Å². The highest BCUT2D eigenvalue weighted by Gasteiger charge is 2.34. The lowest BCUT2D eigenvalue weighted by Crippen LogP contribution is -2.46. The van der Waals surface area contributed by atoms with E-state index in [9.17, 15) is 9.59 Å². The molecule has 5 nitrogen and oxygen atoms in total. The van der Waals surface area contributed by atoms with Crippen LogP contribution >= 0.6 is 0 Å². The summed E-state index contributed by atoms with van der Waals surface area (Å²) in [5.41, 5.74) is 3.68. The Balaban J connectivity index is 1.19. The van der Waals surface area contributed by atoms with Crippen molar-refractivity contribution in [2.75, 3.05) is 44.2 Å². The molecule has 0 saturated carbocycles. The largest absolute Gasteiger partial charge is 0.369 e. The number of imide groups is 1. The molecule has 1 fully saturated rings. The Bertz CT molecular complexity index is 819. The van der Waals surface area contributed by atoms with Gasteiger partial charge in [-0.1, -0.05) is 29.8 Å². The van der Waals surface area contributed by atoms with Crippen molar-refractivity contribution in [2.24, 2.45) is 0 Å². The minimum Gasteiger partial charge on any atom is -0.369 e. The summed E-state index contributed by atoms with van der Waals surface area (Å²) in [6.45, 7) is 7.84. The van der Waals surface area contributed by atoms with E-state index < -0.39 is 0 Å². The van der Waals surface area contributed by atoms with Gasteiger partial charge in [0.25, 0.3) is 11.8 Å². The Morgan fingerprint density at radius 2 is 1.32 bits per heavy atom. The van der Waals surface area contributed by atoms with E-state index >= 15 is 0 Å². The van der Waals surface area contributed by atoms with Gasteiger partial charge in [-0.25, -0.2) is 0 Å². The zero-order chi connectivity index (χ0) is 19.5. The molecule has 1 saturated heterocycles. The van der Waals surface area contributed by atoms with Gasteiger partial charge in [0, 0.05) is 38.4 Å². The monoisotopic (exact) mass is 377 g/mol. The lowest BCUT2D eigenvalue weighted by molar-refractivity contribution is 0.0650. The molecule has 2 aliphatic heterocycles. The number of hydrogen-bond acceptors (Lipinski definition) is 4. The fourth-order valence-electron chi connectivity index (χ4n) is 4.03.